The van der Waals surface area contributed by atoms with Gasteiger partial charge in [0.05, 0.1) is 11.6 Å². The monoisotopic (exact) mass is 315 g/mol. The molecule has 0 amide bonds. The zero-order chi connectivity index (χ0) is 14.6. The van der Waals surface area contributed by atoms with Gasteiger partial charge in [-0.25, -0.2) is 18.1 Å². The smallest absolute Gasteiger partial charge is 0.244 e. The highest BCUT2D eigenvalue weighted by Gasteiger charge is 2.20. The number of nitrogens with zero attached hydrogens (tertiary/aromatic N) is 1. The average Bonchev–Trinajstić information content (AvgIpc) is 2.99. The third-order valence-corrected chi connectivity index (χ3v) is 5.09. The van der Waals surface area contributed by atoms with Crippen LogP contribution in [0.25, 0.3) is 0 Å². The van der Waals surface area contributed by atoms with Gasteiger partial charge in [-0.15, -0.1) is 11.3 Å². The van der Waals surface area contributed by atoms with Gasteiger partial charge in [0.25, 0.3) is 0 Å². The summed E-state index contributed by atoms with van der Waals surface area (Å²) in [6.45, 7) is 2.46. The summed E-state index contributed by atoms with van der Waals surface area (Å²) >= 11 is 1.51. The van der Waals surface area contributed by atoms with Gasteiger partial charge in [-0.2, -0.15) is 0 Å². The minimum Gasteiger partial charge on any atom is -0.464 e. The fourth-order valence-corrected chi connectivity index (χ4v) is 3.65. The lowest BCUT2D eigenvalue weighted by Gasteiger charge is -2.04. The molecule has 20 heavy (non-hydrogen) atoms. The Kier molecular flexibility index (Phi) is 4.92. The molecule has 0 aliphatic rings. The van der Waals surface area contributed by atoms with Crippen LogP contribution >= 0.6 is 11.3 Å². The van der Waals surface area contributed by atoms with Crippen molar-refractivity contribution in [1.29, 1.82) is 0 Å². The number of thiazole rings is 1. The van der Waals surface area contributed by atoms with E-state index in [2.05, 4.69) is 15.0 Å². The molecular formula is C12H17N3O3S2. The molecule has 2 aromatic heterocycles. The molecule has 8 heteroatoms. The van der Waals surface area contributed by atoms with Gasteiger partial charge in [0.1, 0.15) is 16.4 Å². The number of nitrogens with one attached hydrogen (secondary N) is 2. The Bertz CT molecular complexity index is 648. The summed E-state index contributed by atoms with van der Waals surface area (Å²) in [6.07, 6.45) is 2.29. The number of rotatable bonds is 7. The molecule has 0 atom stereocenters. The Balaban J connectivity index is 2.02. The number of hydrogen-bond donors (Lipinski definition) is 2. The van der Waals surface area contributed by atoms with Gasteiger partial charge in [-0.3, -0.25) is 0 Å². The van der Waals surface area contributed by atoms with E-state index in [9.17, 15) is 8.42 Å². The minimum atomic E-state index is -3.54. The van der Waals surface area contributed by atoms with Crippen molar-refractivity contribution in [2.45, 2.75) is 24.8 Å². The largest absolute Gasteiger partial charge is 0.464 e. The van der Waals surface area contributed by atoms with Gasteiger partial charge in [0, 0.05) is 30.6 Å². The summed E-state index contributed by atoms with van der Waals surface area (Å²) in [5, 5.41) is 5.70. The first-order valence-corrected chi connectivity index (χ1v) is 8.51. The molecule has 2 heterocycles. The first-order chi connectivity index (χ1) is 9.53. The first-order valence-electron chi connectivity index (χ1n) is 6.15. The molecule has 2 rings (SSSR count). The van der Waals surface area contributed by atoms with Crippen LogP contribution in [0.3, 0.4) is 0 Å². The van der Waals surface area contributed by atoms with Crippen LogP contribution in [0, 0.1) is 6.92 Å². The standard InChI is InChI=1S/C12H17N3O3S2/c1-9-11(7-10(18-9)8-13-2)20(16,17)15-4-3-12-14-5-6-19-12/h5-7,13,15H,3-4,8H2,1-2H3. The number of furan rings is 1. The minimum absolute atomic E-state index is 0.196. The molecule has 2 aromatic rings. The number of aryl methyl sites for hydroxylation is 1. The lowest BCUT2D eigenvalue weighted by atomic mass is 10.4. The number of aromatic nitrogens is 1. The van der Waals surface area contributed by atoms with E-state index in [1.807, 2.05) is 5.38 Å². The predicted octanol–water partition coefficient (Wildman–Crippen LogP) is 1.28. The van der Waals surface area contributed by atoms with Gasteiger partial charge in [0.15, 0.2) is 0 Å². The van der Waals surface area contributed by atoms with E-state index in [4.69, 9.17) is 4.42 Å². The Morgan fingerprint density at radius 1 is 1.45 bits per heavy atom. The van der Waals surface area contributed by atoms with Crippen molar-refractivity contribution in [2.75, 3.05) is 13.6 Å². The summed E-state index contributed by atoms with van der Waals surface area (Å²) in [5.41, 5.74) is 0. The summed E-state index contributed by atoms with van der Waals surface area (Å²) in [7, 11) is -1.76. The third-order valence-electron chi connectivity index (χ3n) is 2.68. The third kappa shape index (κ3) is 3.66. The maximum absolute atomic E-state index is 12.2. The molecule has 0 unspecified atom stereocenters. The Labute approximate surface area is 122 Å². The van der Waals surface area contributed by atoms with Crippen LogP contribution in [0.2, 0.25) is 0 Å². The van der Waals surface area contributed by atoms with E-state index >= 15 is 0 Å². The maximum atomic E-state index is 12.2. The SMILES string of the molecule is CNCc1cc(S(=O)(=O)NCCc2nccs2)c(C)o1. The van der Waals surface area contributed by atoms with Crippen molar-refractivity contribution >= 4 is 21.4 Å². The molecule has 6 nitrogen and oxygen atoms in total. The van der Waals surface area contributed by atoms with Crippen LogP contribution in [0.5, 0.6) is 0 Å². The van der Waals surface area contributed by atoms with Gasteiger partial charge >= 0.3 is 0 Å². The van der Waals surface area contributed by atoms with Gasteiger partial charge < -0.3 is 9.73 Å². The summed E-state index contributed by atoms with van der Waals surface area (Å²) in [4.78, 5) is 4.31. The molecule has 0 spiro atoms. The van der Waals surface area contributed by atoms with Crippen molar-refractivity contribution in [2.24, 2.45) is 0 Å². The molecule has 110 valence electrons. The first kappa shape index (κ1) is 15.2. The fourth-order valence-electron chi connectivity index (χ4n) is 1.80. The summed E-state index contributed by atoms with van der Waals surface area (Å²) in [5.74, 6) is 1.00. The molecular weight excluding hydrogens is 298 g/mol. The Hall–Kier alpha value is -1.22. The number of hydrogen-bond acceptors (Lipinski definition) is 6. The van der Waals surface area contributed by atoms with Gasteiger partial charge in [0.2, 0.25) is 10.0 Å². The molecule has 0 bridgehead atoms. The average molecular weight is 315 g/mol. The lowest BCUT2D eigenvalue weighted by Crippen LogP contribution is -2.26. The highest BCUT2D eigenvalue weighted by Crippen LogP contribution is 2.19. The highest BCUT2D eigenvalue weighted by atomic mass is 32.2. The lowest BCUT2D eigenvalue weighted by molar-refractivity contribution is 0.465. The van der Waals surface area contributed by atoms with E-state index in [-0.39, 0.29) is 4.90 Å². The van der Waals surface area contributed by atoms with Crippen LogP contribution in [-0.4, -0.2) is 27.0 Å². The second-order valence-corrected chi connectivity index (χ2v) is 6.95. The Morgan fingerprint density at radius 2 is 2.25 bits per heavy atom. The van der Waals surface area contributed by atoms with Crippen molar-refractivity contribution in [3.63, 3.8) is 0 Å². The molecule has 0 saturated carbocycles. The topological polar surface area (TPSA) is 84.2 Å². The van der Waals surface area contributed by atoms with E-state index in [0.29, 0.717) is 31.0 Å². The second-order valence-electron chi connectivity index (χ2n) is 4.24. The molecule has 2 N–H and O–H groups in total. The van der Waals surface area contributed by atoms with Crippen molar-refractivity contribution in [3.05, 3.63) is 34.2 Å². The van der Waals surface area contributed by atoms with Crippen LogP contribution < -0.4 is 10.0 Å². The van der Waals surface area contributed by atoms with Crippen molar-refractivity contribution in [1.82, 2.24) is 15.0 Å². The summed E-state index contributed by atoms with van der Waals surface area (Å²) < 4.78 is 32.4. The normalized spacial score (nSPS) is 11.9. The van der Waals surface area contributed by atoms with Crippen LogP contribution in [0.15, 0.2) is 27.0 Å². The molecule has 0 aliphatic heterocycles. The molecule has 0 aromatic carbocycles. The highest BCUT2D eigenvalue weighted by molar-refractivity contribution is 7.89. The van der Waals surface area contributed by atoms with E-state index in [0.717, 1.165) is 5.01 Å². The fraction of sp³-hybridized carbons (Fsp3) is 0.417. The predicted molar refractivity (Wildman–Crippen MR) is 77.2 cm³/mol. The van der Waals surface area contributed by atoms with Crippen molar-refractivity contribution < 1.29 is 12.8 Å². The molecule has 0 aliphatic carbocycles. The van der Waals surface area contributed by atoms with Gasteiger partial charge in [-0.1, -0.05) is 0 Å². The van der Waals surface area contributed by atoms with Crippen LogP contribution in [0.1, 0.15) is 16.5 Å². The molecule has 0 radical (unpaired) electrons. The Morgan fingerprint density at radius 3 is 2.90 bits per heavy atom. The quantitative estimate of drug-likeness (QED) is 0.804. The summed E-state index contributed by atoms with van der Waals surface area (Å²) in [6, 6.07) is 1.55. The molecule has 0 fully saturated rings. The molecule has 0 saturated heterocycles. The number of sulfonamides is 1. The van der Waals surface area contributed by atoms with E-state index in [1.165, 1.54) is 11.3 Å². The van der Waals surface area contributed by atoms with Gasteiger partial charge in [-0.05, 0) is 14.0 Å². The van der Waals surface area contributed by atoms with E-state index in [1.54, 1.807) is 26.2 Å². The maximum Gasteiger partial charge on any atom is 0.244 e. The second kappa shape index (κ2) is 6.49. The van der Waals surface area contributed by atoms with Crippen molar-refractivity contribution in [3.8, 4) is 0 Å². The zero-order valence-electron chi connectivity index (χ0n) is 11.3. The van der Waals surface area contributed by atoms with Crippen LogP contribution in [0.4, 0.5) is 0 Å². The zero-order valence-corrected chi connectivity index (χ0v) is 13.0. The van der Waals surface area contributed by atoms with Crippen LogP contribution in [-0.2, 0) is 23.0 Å². The van der Waals surface area contributed by atoms with E-state index < -0.39 is 10.0 Å².